The van der Waals surface area contributed by atoms with Crippen molar-refractivity contribution in [2.45, 2.75) is 33.2 Å². The van der Waals surface area contributed by atoms with E-state index in [1.165, 1.54) is 0 Å². The van der Waals surface area contributed by atoms with E-state index in [1.54, 1.807) is 30.1 Å². The molecule has 3 aromatic heterocycles. The normalized spacial score (nSPS) is 10.7. The third kappa shape index (κ3) is 4.43. The number of ketones is 1. The quantitative estimate of drug-likeness (QED) is 0.650. The Morgan fingerprint density at radius 2 is 2.08 bits per heavy atom. The maximum Gasteiger partial charge on any atom is 0.220 e. The van der Waals surface area contributed by atoms with E-state index in [4.69, 9.17) is 0 Å². The summed E-state index contributed by atoms with van der Waals surface area (Å²) < 4.78 is 1.81. The molecule has 6 nitrogen and oxygen atoms in total. The van der Waals surface area contributed by atoms with Crippen LogP contribution in [-0.2, 0) is 11.3 Å². The molecule has 0 saturated carbocycles. The van der Waals surface area contributed by atoms with Gasteiger partial charge in [-0.25, -0.2) is 9.97 Å². The van der Waals surface area contributed by atoms with Crippen LogP contribution in [0.5, 0.6) is 0 Å². The predicted octanol–water partition coefficient (Wildman–Crippen LogP) is 3.22. The first-order valence-electron chi connectivity index (χ1n) is 8.33. The number of hydrogen-bond donors (Lipinski definition) is 1. The number of hydrogen-bond acceptors (Lipinski definition) is 5. The summed E-state index contributed by atoms with van der Waals surface area (Å²) in [6.07, 6.45) is 7.32. The minimum absolute atomic E-state index is 0.0216. The number of amides is 1. The van der Waals surface area contributed by atoms with Gasteiger partial charge in [-0.3, -0.25) is 14.2 Å². The fourth-order valence-electron chi connectivity index (χ4n) is 2.63. The Kier molecular flexibility index (Phi) is 5.58. The fraction of sp³-hybridized carbons (Fsp3) is 0.263. The van der Waals surface area contributed by atoms with Gasteiger partial charge in [0.1, 0.15) is 12.1 Å². The van der Waals surface area contributed by atoms with Crippen LogP contribution in [0.1, 0.15) is 38.5 Å². The molecule has 0 fully saturated rings. The number of thiophene rings is 1. The minimum Gasteiger partial charge on any atom is -0.352 e. The van der Waals surface area contributed by atoms with Gasteiger partial charge in [0.2, 0.25) is 5.91 Å². The van der Waals surface area contributed by atoms with E-state index in [2.05, 4.69) is 15.3 Å². The van der Waals surface area contributed by atoms with Crippen LogP contribution >= 0.6 is 11.3 Å². The average Bonchev–Trinajstić information content (AvgIpc) is 3.28. The molecular formula is C19H20N4O2S. The second-order valence-electron chi connectivity index (χ2n) is 6.02. The highest BCUT2D eigenvalue weighted by molar-refractivity contribution is 7.12. The highest BCUT2D eigenvalue weighted by Gasteiger charge is 2.13. The Morgan fingerprint density at radius 3 is 2.69 bits per heavy atom. The van der Waals surface area contributed by atoms with E-state index < -0.39 is 0 Å². The van der Waals surface area contributed by atoms with E-state index in [0.29, 0.717) is 6.54 Å². The van der Waals surface area contributed by atoms with Crippen LogP contribution < -0.4 is 5.32 Å². The third-order valence-corrected chi connectivity index (χ3v) is 4.95. The molecule has 7 heteroatoms. The molecule has 0 aliphatic rings. The van der Waals surface area contributed by atoms with Gasteiger partial charge < -0.3 is 5.32 Å². The molecule has 1 amide bonds. The second kappa shape index (κ2) is 8.05. The zero-order valence-corrected chi connectivity index (χ0v) is 15.5. The number of carbonyl (C=O) groups is 2. The number of Topliss-reactive ketones (excluding diaryl/α,β-unsaturated/α-hetero) is 1. The number of imidazole rings is 1. The maximum atomic E-state index is 12.2. The molecular weight excluding hydrogens is 348 g/mol. The molecule has 26 heavy (non-hydrogen) atoms. The molecule has 0 aromatic carbocycles. The zero-order valence-electron chi connectivity index (χ0n) is 14.7. The van der Waals surface area contributed by atoms with Gasteiger partial charge in [-0.1, -0.05) is 6.07 Å². The molecule has 0 atom stereocenters. The summed E-state index contributed by atoms with van der Waals surface area (Å²) in [7, 11) is 0. The Labute approximate surface area is 155 Å². The standard InChI is InChI=1S/C19H20N4O2S/c1-13-9-16(14(2)26-13)17(24)4-6-19(25)22-11-15-3-5-18(21-10-15)23-8-7-20-12-23/h3,5,7-10,12H,4,6,11H2,1-2H3,(H,22,25). The summed E-state index contributed by atoms with van der Waals surface area (Å²) in [4.78, 5) is 34.7. The molecule has 3 heterocycles. The van der Waals surface area contributed by atoms with Crippen LogP contribution in [0, 0.1) is 13.8 Å². The highest BCUT2D eigenvalue weighted by Crippen LogP contribution is 2.22. The Balaban J connectivity index is 1.46. The van der Waals surface area contributed by atoms with Crippen LogP contribution in [0.2, 0.25) is 0 Å². The summed E-state index contributed by atoms with van der Waals surface area (Å²) in [5, 5.41) is 2.83. The van der Waals surface area contributed by atoms with Crippen molar-refractivity contribution in [2.75, 3.05) is 0 Å². The van der Waals surface area contributed by atoms with Gasteiger partial charge in [-0.15, -0.1) is 11.3 Å². The van der Waals surface area contributed by atoms with Gasteiger partial charge >= 0.3 is 0 Å². The van der Waals surface area contributed by atoms with E-state index >= 15 is 0 Å². The van der Waals surface area contributed by atoms with Crippen LogP contribution in [0.25, 0.3) is 5.82 Å². The molecule has 0 unspecified atom stereocenters. The fourth-order valence-corrected chi connectivity index (χ4v) is 3.57. The first-order chi connectivity index (χ1) is 12.5. The lowest BCUT2D eigenvalue weighted by Gasteiger charge is -2.06. The molecule has 0 aliphatic carbocycles. The number of aromatic nitrogens is 3. The zero-order chi connectivity index (χ0) is 18.5. The van der Waals surface area contributed by atoms with E-state index in [-0.39, 0.29) is 24.5 Å². The molecule has 3 aromatic rings. The molecule has 134 valence electrons. The Bertz CT molecular complexity index is 898. The van der Waals surface area contributed by atoms with Crippen molar-refractivity contribution in [3.8, 4) is 5.82 Å². The average molecular weight is 368 g/mol. The largest absolute Gasteiger partial charge is 0.352 e. The summed E-state index contributed by atoms with van der Waals surface area (Å²) in [5.74, 6) is 0.652. The van der Waals surface area contributed by atoms with Crippen molar-refractivity contribution >= 4 is 23.0 Å². The van der Waals surface area contributed by atoms with Gasteiger partial charge in [0.15, 0.2) is 5.78 Å². The molecule has 1 N–H and O–H groups in total. The van der Waals surface area contributed by atoms with Crippen LogP contribution in [0.4, 0.5) is 0 Å². The van der Waals surface area contributed by atoms with Crippen LogP contribution in [-0.4, -0.2) is 26.2 Å². The van der Waals surface area contributed by atoms with E-state index in [1.807, 2.05) is 42.8 Å². The summed E-state index contributed by atoms with van der Waals surface area (Å²) >= 11 is 1.61. The predicted molar refractivity (Wildman–Crippen MR) is 101 cm³/mol. The Morgan fingerprint density at radius 1 is 1.23 bits per heavy atom. The summed E-state index contributed by atoms with van der Waals surface area (Å²) in [6.45, 7) is 4.31. The van der Waals surface area contributed by atoms with Crippen molar-refractivity contribution in [3.05, 3.63) is 64.0 Å². The lowest BCUT2D eigenvalue weighted by molar-refractivity contribution is -0.121. The van der Waals surface area contributed by atoms with Gasteiger partial charge in [-0.2, -0.15) is 0 Å². The smallest absolute Gasteiger partial charge is 0.220 e. The number of nitrogens with one attached hydrogen (secondary N) is 1. The van der Waals surface area contributed by atoms with Crippen molar-refractivity contribution in [1.29, 1.82) is 0 Å². The van der Waals surface area contributed by atoms with Gasteiger partial charge in [0, 0.05) is 53.3 Å². The third-order valence-electron chi connectivity index (χ3n) is 3.99. The lowest BCUT2D eigenvalue weighted by Crippen LogP contribution is -2.23. The first kappa shape index (κ1) is 18.0. The number of rotatable bonds is 7. The monoisotopic (exact) mass is 368 g/mol. The molecule has 0 aliphatic heterocycles. The van der Waals surface area contributed by atoms with Crippen molar-refractivity contribution in [3.63, 3.8) is 0 Å². The SMILES string of the molecule is Cc1cc(C(=O)CCC(=O)NCc2ccc(-n3ccnc3)nc2)c(C)s1. The molecule has 0 radical (unpaired) electrons. The molecule has 0 bridgehead atoms. The topological polar surface area (TPSA) is 76.9 Å². The number of aryl methyl sites for hydroxylation is 2. The van der Waals surface area contributed by atoms with Crippen LogP contribution in [0.15, 0.2) is 43.1 Å². The van der Waals surface area contributed by atoms with Crippen molar-refractivity contribution in [1.82, 2.24) is 19.9 Å². The maximum absolute atomic E-state index is 12.2. The summed E-state index contributed by atoms with van der Waals surface area (Å²) in [5.41, 5.74) is 1.64. The van der Waals surface area contributed by atoms with Crippen molar-refractivity contribution in [2.24, 2.45) is 0 Å². The Hall–Kier alpha value is -2.80. The number of pyridine rings is 1. The minimum atomic E-state index is -0.137. The van der Waals surface area contributed by atoms with Crippen LogP contribution in [0.3, 0.4) is 0 Å². The lowest BCUT2D eigenvalue weighted by atomic mass is 10.1. The van der Waals surface area contributed by atoms with Crippen molar-refractivity contribution < 1.29 is 9.59 Å². The second-order valence-corrected chi connectivity index (χ2v) is 7.48. The van der Waals surface area contributed by atoms with Gasteiger partial charge in [0.25, 0.3) is 0 Å². The highest BCUT2D eigenvalue weighted by atomic mass is 32.1. The van der Waals surface area contributed by atoms with E-state index in [0.717, 1.165) is 26.7 Å². The number of nitrogens with zero attached hydrogens (tertiary/aromatic N) is 3. The van der Waals surface area contributed by atoms with Gasteiger partial charge in [0.05, 0.1) is 0 Å². The van der Waals surface area contributed by atoms with Gasteiger partial charge in [-0.05, 0) is 31.5 Å². The molecule has 0 spiro atoms. The summed E-state index contributed by atoms with van der Waals surface area (Å²) in [6, 6.07) is 5.67. The molecule has 0 saturated heterocycles. The van der Waals surface area contributed by atoms with E-state index in [9.17, 15) is 9.59 Å². The molecule has 3 rings (SSSR count). The first-order valence-corrected chi connectivity index (χ1v) is 9.15. The number of carbonyl (C=O) groups excluding carboxylic acids is 2.